The Labute approximate surface area is 120 Å². The number of carbonyl (C=O) groups is 2. The molecule has 0 unspecified atom stereocenters. The summed E-state index contributed by atoms with van der Waals surface area (Å²) in [6, 6.07) is 8.11. The van der Waals surface area contributed by atoms with E-state index < -0.39 is 0 Å². The maximum Gasteiger partial charge on any atom is 0.231 e. The zero-order chi connectivity index (χ0) is 14.6. The second-order valence-electron chi connectivity index (χ2n) is 4.79. The Morgan fingerprint density at radius 2 is 1.76 bits per heavy atom. The minimum Gasteiger partial charge on any atom is -0.497 e. The van der Waals surface area contributed by atoms with Gasteiger partial charge in [-0.25, -0.2) is 0 Å². The first-order valence-electron chi connectivity index (χ1n) is 6.40. The Hall–Kier alpha value is -2.82. The predicted molar refractivity (Wildman–Crippen MR) is 72.4 cm³/mol. The molecule has 21 heavy (non-hydrogen) atoms. The van der Waals surface area contributed by atoms with E-state index in [0.717, 1.165) is 0 Å². The molecular weight excluding hydrogens is 272 g/mol. The van der Waals surface area contributed by atoms with Gasteiger partial charge >= 0.3 is 0 Å². The molecule has 5 heteroatoms. The summed E-state index contributed by atoms with van der Waals surface area (Å²) >= 11 is 0. The molecule has 4 rings (SSSR count). The molecule has 0 radical (unpaired) electrons. The van der Waals surface area contributed by atoms with Crippen molar-refractivity contribution < 1.29 is 23.8 Å². The van der Waals surface area contributed by atoms with Gasteiger partial charge in [0.2, 0.25) is 6.79 Å². The van der Waals surface area contributed by atoms with Crippen LogP contribution < -0.4 is 14.2 Å². The standard InChI is InChI=1S/C16H10O5/c1-19-8-2-3-9-11(6-8)14(17)10-4-5-12-16(21-7-20-12)13(10)15(9)18/h2-6H,7H2,1H3. The first-order valence-corrected chi connectivity index (χ1v) is 6.40. The number of methoxy groups -OCH3 is 1. The normalized spacial score (nSPS) is 14.7. The molecule has 5 nitrogen and oxygen atoms in total. The van der Waals surface area contributed by atoms with Gasteiger partial charge in [-0.3, -0.25) is 9.59 Å². The summed E-state index contributed by atoms with van der Waals surface area (Å²) in [6.07, 6.45) is 0. The molecule has 0 fully saturated rings. The van der Waals surface area contributed by atoms with Crippen LogP contribution in [0.25, 0.3) is 0 Å². The number of rotatable bonds is 1. The van der Waals surface area contributed by atoms with Gasteiger partial charge in [0.05, 0.1) is 12.7 Å². The Bertz CT molecular complexity index is 807. The minimum absolute atomic E-state index is 0.0583. The molecular formula is C16H10O5. The zero-order valence-corrected chi connectivity index (χ0v) is 11.1. The highest BCUT2D eigenvalue weighted by molar-refractivity contribution is 6.29. The van der Waals surface area contributed by atoms with E-state index in [2.05, 4.69) is 0 Å². The van der Waals surface area contributed by atoms with Crippen LogP contribution in [0, 0.1) is 0 Å². The van der Waals surface area contributed by atoms with Gasteiger partial charge in [0.25, 0.3) is 0 Å². The smallest absolute Gasteiger partial charge is 0.231 e. The van der Waals surface area contributed by atoms with Crippen LogP contribution in [0.4, 0.5) is 0 Å². The monoisotopic (exact) mass is 282 g/mol. The highest BCUT2D eigenvalue weighted by Gasteiger charge is 2.35. The number of carbonyl (C=O) groups excluding carboxylic acids is 2. The lowest BCUT2D eigenvalue weighted by molar-refractivity contribution is 0.0975. The van der Waals surface area contributed by atoms with E-state index in [1.165, 1.54) is 7.11 Å². The van der Waals surface area contributed by atoms with Gasteiger partial charge in [-0.1, -0.05) is 0 Å². The first-order chi connectivity index (χ1) is 10.2. The summed E-state index contributed by atoms with van der Waals surface area (Å²) in [4.78, 5) is 25.3. The molecule has 2 aliphatic rings. The van der Waals surface area contributed by atoms with Crippen molar-refractivity contribution in [3.8, 4) is 17.2 Å². The fourth-order valence-corrected chi connectivity index (χ4v) is 2.70. The van der Waals surface area contributed by atoms with Crippen molar-refractivity contribution in [2.75, 3.05) is 13.9 Å². The van der Waals surface area contributed by atoms with Crippen LogP contribution in [0.3, 0.4) is 0 Å². The van der Waals surface area contributed by atoms with Crippen LogP contribution in [-0.2, 0) is 0 Å². The Morgan fingerprint density at radius 3 is 2.57 bits per heavy atom. The maximum atomic E-state index is 12.7. The van der Waals surface area contributed by atoms with Gasteiger partial charge in [-0.05, 0) is 30.3 Å². The lowest BCUT2D eigenvalue weighted by atomic mass is 9.83. The largest absolute Gasteiger partial charge is 0.497 e. The summed E-state index contributed by atoms with van der Waals surface area (Å²) in [5.74, 6) is 0.944. The van der Waals surface area contributed by atoms with Crippen LogP contribution in [-0.4, -0.2) is 25.5 Å². The molecule has 0 spiro atoms. The van der Waals surface area contributed by atoms with Gasteiger partial charge in [-0.2, -0.15) is 0 Å². The minimum atomic E-state index is -0.232. The third kappa shape index (κ3) is 1.51. The quantitative estimate of drug-likeness (QED) is 0.684. The van der Waals surface area contributed by atoms with Crippen molar-refractivity contribution in [2.45, 2.75) is 0 Å². The van der Waals surface area contributed by atoms with Crippen molar-refractivity contribution in [3.05, 3.63) is 52.6 Å². The molecule has 1 heterocycles. The van der Waals surface area contributed by atoms with E-state index >= 15 is 0 Å². The number of hydrogen-bond acceptors (Lipinski definition) is 5. The van der Waals surface area contributed by atoms with Crippen molar-refractivity contribution in [2.24, 2.45) is 0 Å². The number of hydrogen-bond donors (Lipinski definition) is 0. The Kier molecular flexibility index (Phi) is 2.33. The van der Waals surface area contributed by atoms with Crippen molar-refractivity contribution in [1.29, 1.82) is 0 Å². The summed E-state index contributed by atoms with van der Waals surface area (Å²) < 4.78 is 15.7. The average Bonchev–Trinajstić information content (AvgIpc) is 2.99. The van der Waals surface area contributed by atoms with Gasteiger partial charge in [0.1, 0.15) is 5.75 Å². The van der Waals surface area contributed by atoms with Crippen LogP contribution in [0.5, 0.6) is 17.2 Å². The van der Waals surface area contributed by atoms with E-state index in [4.69, 9.17) is 14.2 Å². The highest BCUT2D eigenvalue weighted by Crippen LogP contribution is 2.42. The fourth-order valence-electron chi connectivity index (χ4n) is 2.70. The molecule has 0 N–H and O–H groups in total. The van der Waals surface area contributed by atoms with E-state index in [1.54, 1.807) is 30.3 Å². The first kappa shape index (κ1) is 12.0. The number of ketones is 2. The van der Waals surface area contributed by atoms with Gasteiger partial charge < -0.3 is 14.2 Å². The summed E-state index contributed by atoms with van der Waals surface area (Å²) in [5.41, 5.74) is 1.33. The van der Waals surface area contributed by atoms with Crippen LogP contribution in [0.2, 0.25) is 0 Å². The Morgan fingerprint density at radius 1 is 0.952 bits per heavy atom. The fraction of sp³-hybridized carbons (Fsp3) is 0.125. The molecule has 1 aliphatic carbocycles. The van der Waals surface area contributed by atoms with E-state index in [0.29, 0.717) is 33.9 Å². The zero-order valence-electron chi connectivity index (χ0n) is 11.1. The maximum absolute atomic E-state index is 12.7. The summed E-state index contributed by atoms with van der Waals surface area (Å²) in [7, 11) is 1.52. The van der Waals surface area contributed by atoms with Crippen LogP contribution >= 0.6 is 0 Å². The molecule has 2 aromatic carbocycles. The highest BCUT2D eigenvalue weighted by atomic mass is 16.7. The number of benzene rings is 2. The van der Waals surface area contributed by atoms with Crippen molar-refractivity contribution >= 4 is 11.6 Å². The number of ether oxygens (including phenoxy) is 3. The van der Waals surface area contributed by atoms with E-state index in [9.17, 15) is 9.59 Å². The molecule has 2 aromatic rings. The van der Waals surface area contributed by atoms with Gasteiger partial charge in [0, 0.05) is 16.7 Å². The summed E-state index contributed by atoms with van der Waals surface area (Å²) in [5, 5.41) is 0. The van der Waals surface area contributed by atoms with Crippen molar-refractivity contribution in [3.63, 3.8) is 0 Å². The molecule has 0 atom stereocenters. The lowest BCUT2D eigenvalue weighted by Crippen LogP contribution is -2.21. The lowest BCUT2D eigenvalue weighted by Gasteiger charge is -2.19. The molecule has 0 saturated heterocycles. The van der Waals surface area contributed by atoms with Gasteiger partial charge in [-0.15, -0.1) is 0 Å². The molecule has 0 amide bonds. The van der Waals surface area contributed by atoms with E-state index in [1.807, 2.05) is 0 Å². The summed E-state index contributed by atoms with van der Waals surface area (Å²) in [6.45, 7) is 0.0583. The Balaban J connectivity index is 1.98. The second kappa shape index (κ2) is 4.09. The molecule has 0 aromatic heterocycles. The molecule has 1 aliphatic heterocycles. The van der Waals surface area contributed by atoms with E-state index in [-0.39, 0.29) is 23.9 Å². The van der Waals surface area contributed by atoms with Crippen LogP contribution in [0.15, 0.2) is 30.3 Å². The number of fused-ring (bicyclic) bond motifs is 4. The third-order valence-corrected chi connectivity index (χ3v) is 3.73. The van der Waals surface area contributed by atoms with Gasteiger partial charge in [0.15, 0.2) is 23.1 Å². The van der Waals surface area contributed by atoms with Crippen molar-refractivity contribution in [1.82, 2.24) is 0 Å². The predicted octanol–water partition coefficient (Wildman–Crippen LogP) is 2.20. The molecule has 104 valence electrons. The molecule has 0 bridgehead atoms. The topological polar surface area (TPSA) is 61.8 Å². The SMILES string of the molecule is COc1ccc2c(c1)C(=O)c1ccc3c(c1C2=O)OCO3. The third-order valence-electron chi connectivity index (χ3n) is 3.73. The average molecular weight is 282 g/mol. The van der Waals surface area contributed by atoms with Crippen LogP contribution in [0.1, 0.15) is 31.8 Å². The second-order valence-corrected chi connectivity index (χ2v) is 4.79. The molecule has 0 saturated carbocycles.